The van der Waals surface area contributed by atoms with Gasteiger partial charge in [0.05, 0.1) is 17.9 Å². The highest BCUT2D eigenvalue weighted by molar-refractivity contribution is 5.93. The molecule has 0 unspecified atom stereocenters. The van der Waals surface area contributed by atoms with Gasteiger partial charge in [-0.15, -0.1) is 0 Å². The minimum absolute atomic E-state index is 0.0966. The summed E-state index contributed by atoms with van der Waals surface area (Å²) in [6.45, 7) is 3.92. The van der Waals surface area contributed by atoms with E-state index in [2.05, 4.69) is 0 Å². The molecule has 5 nitrogen and oxygen atoms in total. The fourth-order valence-electron chi connectivity index (χ4n) is 2.89. The number of phenolic OH excluding ortho intramolecular Hbond substituents is 1. The number of carbonyl (C=O) groups is 1. The average molecular weight is 336 g/mol. The topological polar surface area (TPSA) is 77.5 Å². The van der Waals surface area contributed by atoms with Gasteiger partial charge in [-0.2, -0.15) is 0 Å². The number of phenols is 1. The van der Waals surface area contributed by atoms with Gasteiger partial charge < -0.3 is 20.1 Å². The molecule has 2 aromatic carbocycles. The maximum absolute atomic E-state index is 12.3. The molecule has 0 amide bonds. The van der Waals surface area contributed by atoms with Crippen LogP contribution in [0, 0.1) is 6.92 Å². The number of nitrogens with two attached hydrogens (primary N) is 1. The number of anilines is 1. The van der Waals surface area contributed by atoms with Crippen LogP contribution in [0.3, 0.4) is 0 Å². The van der Waals surface area contributed by atoms with E-state index in [1.807, 2.05) is 41.8 Å². The van der Waals surface area contributed by atoms with Gasteiger partial charge in [0.2, 0.25) is 0 Å². The number of para-hydroxylation sites is 1. The highest BCUT2D eigenvalue weighted by Gasteiger charge is 2.22. The second-order valence-electron chi connectivity index (χ2n) is 5.70. The van der Waals surface area contributed by atoms with Crippen molar-refractivity contribution in [2.24, 2.45) is 0 Å². The van der Waals surface area contributed by atoms with Crippen LogP contribution in [-0.2, 0) is 4.74 Å². The summed E-state index contributed by atoms with van der Waals surface area (Å²) in [5, 5.41) is 10.3. The van der Waals surface area contributed by atoms with Crippen molar-refractivity contribution in [3.63, 3.8) is 0 Å². The molecule has 0 atom stereocenters. The van der Waals surface area contributed by atoms with Crippen LogP contribution in [-0.4, -0.2) is 22.2 Å². The molecule has 128 valence electrons. The van der Waals surface area contributed by atoms with Gasteiger partial charge in [0.15, 0.2) is 0 Å². The summed E-state index contributed by atoms with van der Waals surface area (Å²) in [5.41, 5.74) is 9.74. The number of esters is 1. The molecule has 0 radical (unpaired) electrons. The van der Waals surface area contributed by atoms with Crippen molar-refractivity contribution in [3.05, 3.63) is 65.9 Å². The third-order valence-corrected chi connectivity index (χ3v) is 4.05. The van der Waals surface area contributed by atoms with Crippen LogP contribution in [0.5, 0.6) is 5.75 Å². The van der Waals surface area contributed by atoms with Gasteiger partial charge in [-0.05, 0) is 50.2 Å². The zero-order valence-electron chi connectivity index (χ0n) is 14.2. The summed E-state index contributed by atoms with van der Waals surface area (Å²) in [4.78, 5) is 12.3. The Labute approximate surface area is 146 Å². The number of carbonyl (C=O) groups excluding carboxylic acids is 1. The third kappa shape index (κ3) is 3.08. The molecule has 0 spiro atoms. The second-order valence-corrected chi connectivity index (χ2v) is 5.70. The number of hydrogen-bond donors (Lipinski definition) is 2. The molecule has 0 aliphatic heterocycles. The molecule has 25 heavy (non-hydrogen) atoms. The van der Waals surface area contributed by atoms with Crippen LogP contribution < -0.4 is 5.73 Å². The number of benzene rings is 2. The lowest BCUT2D eigenvalue weighted by molar-refractivity contribution is 0.0525. The standard InChI is InChI=1S/C20H20N2O3/c1-3-25-20(24)16-12-18(17-11-14(21)9-10-19(17)23)22(13(16)2)15-7-5-4-6-8-15/h4-12,23H,3,21H2,1-2H3. The highest BCUT2D eigenvalue weighted by atomic mass is 16.5. The number of hydrogen-bond acceptors (Lipinski definition) is 4. The smallest absolute Gasteiger partial charge is 0.339 e. The Morgan fingerprint density at radius 3 is 2.56 bits per heavy atom. The Morgan fingerprint density at radius 2 is 1.88 bits per heavy atom. The van der Waals surface area contributed by atoms with E-state index < -0.39 is 0 Å². The van der Waals surface area contributed by atoms with Gasteiger partial charge in [0, 0.05) is 22.6 Å². The van der Waals surface area contributed by atoms with E-state index in [4.69, 9.17) is 10.5 Å². The van der Waals surface area contributed by atoms with E-state index >= 15 is 0 Å². The molecule has 1 heterocycles. The zero-order valence-corrected chi connectivity index (χ0v) is 14.2. The first-order valence-corrected chi connectivity index (χ1v) is 8.06. The maximum Gasteiger partial charge on any atom is 0.339 e. The van der Waals surface area contributed by atoms with E-state index in [0.717, 1.165) is 11.4 Å². The van der Waals surface area contributed by atoms with E-state index in [0.29, 0.717) is 29.1 Å². The van der Waals surface area contributed by atoms with Crippen molar-refractivity contribution in [3.8, 4) is 22.7 Å². The summed E-state index contributed by atoms with van der Waals surface area (Å²) in [6, 6.07) is 16.2. The first-order chi connectivity index (χ1) is 12.0. The second kappa shape index (κ2) is 6.73. The summed E-state index contributed by atoms with van der Waals surface area (Å²) in [6.07, 6.45) is 0. The number of rotatable bonds is 4. The van der Waals surface area contributed by atoms with Crippen molar-refractivity contribution < 1.29 is 14.6 Å². The zero-order chi connectivity index (χ0) is 18.0. The first-order valence-electron chi connectivity index (χ1n) is 8.06. The SMILES string of the molecule is CCOC(=O)c1cc(-c2cc(N)ccc2O)n(-c2ccccc2)c1C. The van der Waals surface area contributed by atoms with Gasteiger partial charge in [0.1, 0.15) is 5.75 Å². The van der Waals surface area contributed by atoms with Crippen molar-refractivity contribution in [2.75, 3.05) is 12.3 Å². The molecule has 0 fully saturated rings. The predicted octanol–water partition coefficient (Wildman–Crippen LogP) is 3.92. The maximum atomic E-state index is 12.3. The van der Waals surface area contributed by atoms with Gasteiger partial charge in [0.25, 0.3) is 0 Å². The van der Waals surface area contributed by atoms with Gasteiger partial charge in [-0.3, -0.25) is 0 Å². The summed E-state index contributed by atoms with van der Waals surface area (Å²) >= 11 is 0. The molecule has 3 rings (SSSR count). The van der Waals surface area contributed by atoms with Crippen molar-refractivity contribution >= 4 is 11.7 Å². The van der Waals surface area contributed by atoms with E-state index in [1.54, 1.807) is 31.2 Å². The van der Waals surface area contributed by atoms with Gasteiger partial charge in [-0.1, -0.05) is 18.2 Å². The monoisotopic (exact) mass is 336 g/mol. The predicted molar refractivity (Wildman–Crippen MR) is 98.0 cm³/mol. The van der Waals surface area contributed by atoms with E-state index in [1.165, 1.54) is 0 Å². The first kappa shape index (κ1) is 16.6. The van der Waals surface area contributed by atoms with Crippen LogP contribution >= 0.6 is 0 Å². The number of nitrogens with zero attached hydrogens (tertiary/aromatic N) is 1. The summed E-state index contributed by atoms with van der Waals surface area (Å²) in [5.74, 6) is -0.293. The molecule has 0 saturated heterocycles. The summed E-state index contributed by atoms with van der Waals surface area (Å²) < 4.78 is 7.08. The molecular formula is C20H20N2O3. The fourth-order valence-corrected chi connectivity index (χ4v) is 2.89. The Bertz CT molecular complexity index is 914. The number of aromatic nitrogens is 1. The van der Waals surface area contributed by atoms with Gasteiger partial charge in [-0.25, -0.2) is 4.79 Å². The van der Waals surface area contributed by atoms with Crippen LogP contribution in [0.15, 0.2) is 54.6 Å². The number of ether oxygens (including phenoxy) is 1. The molecule has 0 saturated carbocycles. The molecule has 1 aromatic heterocycles. The molecule has 5 heteroatoms. The lowest BCUT2D eigenvalue weighted by atomic mass is 10.1. The quantitative estimate of drug-likeness (QED) is 0.430. The lowest BCUT2D eigenvalue weighted by Crippen LogP contribution is -2.06. The molecular weight excluding hydrogens is 316 g/mol. The number of aromatic hydroxyl groups is 1. The average Bonchev–Trinajstić information content (AvgIpc) is 2.95. The lowest BCUT2D eigenvalue weighted by Gasteiger charge is -2.13. The minimum atomic E-state index is -0.390. The highest BCUT2D eigenvalue weighted by Crippen LogP contribution is 2.36. The van der Waals surface area contributed by atoms with Gasteiger partial charge >= 0.3 is 5.97 Å². The normalized spacial score (nSPS) is 10.6. The largest absolute Gasteiger partial charge is 0.507 e. The fraction of sp³-hybridized carbons (Fsp3) is 0.150. The summed E-state index contributed by atoms with van der Waals surface area (Å²) in [7, 11) is 0. The van der Waals surface area contributed by atoms with Crippen LogP contribution in [0.2, 0.25) is 0 Å². The van der Waals surface area contributed by atoms with Crippen molar-refractivity contribution in [2.45, 2.75) is 13.8 Å². The minimum Gasteiger partial charge on any atom is -0.507 e. The van der Waals surface area contributed by atoms with E-state index in [9.17, 15) is 9.90 Å². The molecule has 3 aromatic rings. The van der Waals surface area contributed by atoms with Crippen molar-refractivity contribution in [1.29, 1.82) is 0 Å². The molecule has 0 aliphatic rings. The Kier molecular flexibility index (Phi) is 4.48. The van der Waals surface area contributed by atoms with Crippen LogP contribution in [0.4, 0.5) is 5.69 Å². The third-order valence-electron chi connectivity index (χ3n) is 4.05. The Morgan fingerprint density at radius 1 is 1.16 bits per heavy atom. The molecule has 3 N–H and O–H groups in total. The van der Waals surface area contributed by atoms with Crippen molar-refractivity contribution in [1.82, 2.24) is 4.57 Å². The van der Waals surface area contributed by atoms with Crippen LogP contribution in [0.25, 0.3) is 16.9 Å². The molecule has 0 bridgehead atoms. The van der Waals surface area contributed by atoms with E-state index in [-0.39, 0.29) is 11.7 Å². The Balaban J connectivity index is 2.28. The Hall–Kier alpha value is -3.21. The van der Waals surface area contributed by atoms with Crippen LogP contribution in [0.1, 0.15) is 23.0 Å². The number of nitrogen functional groups attached to an aromatic ring is 1. The molecule has 0 aliphatic carbocycles.